The first-order valence-corrected chi connectivity index (χ1v) is 8.77. The first-order chi connectivity index (χ1) is 11.6. The van der Waals surface area contributed by atoms with E-state index >= 15 is 0 Å². The lowest BCUT2D eigenvalue weighted by atomic mass is 9.89. The predicted octanol–water partition coefficient (Wildman–Crippen LogP) is 2.92. The summed E-state index contributed by atoms with van der Waals surface area (Å²) in [7, 11) is 0. The molecule has 2 aromatic heterocycles. The van der Waals surface area contributed by atoms with Crippen LogP contribution in [0.3, 0.4) is 0 Å². The monoisotopic (exact) mass is 338 g/mol. The van der Waals surface area contributed by atoms with Gasteiger partial charge in [-0.25, -0.2) is 9.97 Å². The molecule has 0 aliphatic heterocycles. The van der Waals surface area contributed by atoms with Gasteiger partial charge in [0.05, 0.1) is 11.4 Å². The second kappa shape index (κ2) is 5.87. The zero-order valence-corrected chi connectivity index (χ0v) is 14.0. The van der Waals surface area contributed by atoms with Crippen molar-refractivity contribution in [3.05, 3.63) is 46.6 Å². The Balaban J connectivity index is 1.77. The number of carboxylic acids is 1. The van der Waals surface area contributed by atoms with Gasteiger partial charge in [-0.05, 0) is 48.4 Å². The number of rotatable bonds is 3. The highest BCUT2D eigenvalue weighted by Crippen LogP contribution is 2.40. The van der Waals surface area contributed by atoms with Gasteiger partial charge >= 0.3 is 0 Å². The number of aryl methyl sites for hydroxylation is 1. The van der Waals surface area contributed by atoms with Crippen LogP contribution >= 0.6 is 11.3 Å². The summed E-state index contributed by atoms with van der Waals surface area (Å²) in [5.74, 6) is 0.255. The molecule has 122 valence electrons. The maximum Gasteiger partial charge on any atom is 0.142 e. The molecule has 0 amide bonds. The fraction of sp³-hybridized carbons (Fsp3) is 0.278. The van der Waals surface area contributed by atoms with Gasteiger partial charge in [0.2, 0.25) is 0 Å². The number of hydrogen-bond donors (Lipinski definition) is 1. The van der Waals surface area contributed by atoms with E-state index in [1.807, 2.05) is 6.07 Å². The maximum atomic E-state index is 11.0. The van der Waals surface area contributed by atoms with Crippen molar-refractivity contribution in [2.75, 3.05) is 5.32 Å². The second-order valence-electron chi connectivity index (χ2n) is 6.25. The molecule has 4 rings (SSSR count). The number of benzene rings is 1. The third-order valence-electron chi connectivity index (χ3n) is 4.45. The van der Waals surface area contributed by atoms with Gasteiger partial charge in [-0.2, -0.15) is 0 Å². The summed E-state index contributed by atoms with van der Waals surface area (Å²) in [6.07, 6.45) is 4.86. The maximum absolute atomic E-state index is 11.0. The van der Waals surface area contributed by atoms with Crippen LogP contribution in [0.5, 0.6) is 0 Å². The minimum absolute atomic E-state index is 0.145. The number of carbonyl (C=O) groups is 1. The number of thiophene rings is 1. The Morgan fingerprint density at radius 1 is 1.38 bits per heavy atom. The number of nitrogens with one attached hydrogen (secondary N) is 1. The van der Waals surface area contributed by atoms with E-state index in [-0.39, 0.29) is 5.56 Å². The van der Waals surface area contributed by atoms with E-state index in [2.05, 4.69) is 22.2 Å². The van der Waals surface area contributed by atoms with Gasteiger partial charge in [-0.3, -0.25) is 0 Å². The topological polar surface area (TPSA) is 77.9 Å². The summed E-state index contributed by atoms with van der Waals surface area (Å²) in [4.78, 5) is 22.2. The van der Waals surface area contributed by atoms with Crippen LogP contribution in [0.2, 0.25) is 0 Å². The molecular formula is C18H16N3O2S-. The Morgan fingerprint density at radius 2 is 2.25 bits per heavy atom. The van der Waals surface area contributed by atoms with Gasteiger partial charge in [0, 0.05) is 10.6 Å². The Labute approximate surface area is 143 Å². The summed E-state index contributed by atoms with van der Waals surface area (Å²) in [5, 5.41) is 15.4. The molecule has 1 aromatic carbocycles. The van der Waals surface area contributed by atoms with E-state index < -0.39 is 5.97 Å². The summed E-state index contributed by atoms with van der Waals surface area (Å²) in [6.45, 7) is 2.28. The normalized spacial score (nSPS) is 16.8. The van der Waals surface area contributed by atoms with Crippen molar-refractivity contribution in [3.8, 4) is 0 Å². The van der Waals surface area contributed by atoms with Gasteiger partial charge < -0.3 is 15.2 Å². The smallest absolute Gasteiger partial charge is 0.142 e. The largest absolute Gasteiger partial charge is 0.545 e. The molecule has 3 aromatic rings. The standard InChI is InChI=1S/C18H17N3O2S/c1-10-5-6-13-14(7-10)24-17-15(13)16(19-9-20-17)21-12-4-2-3-11(8-12)18(22)23/h2-4,8-10H,5-7H2,1H3,(H,22,23)(H,19,20,21)/p-1/t10-/m0/s1. The Hall–Kier alpha value is -2.47. The van der Waals surface area contributed by atoms with Crippen LogP contribution in [-0.2, 0) is 12.8 Å². The van der Waals surface area contributed by atoms with Crippen LogP contribution in [-0.4, -0.2) is 15.9 Å². The number of fused-ring (bicyclic) bond motifs is 3. The van der Waals surface area contributed by atoms with Crippen LogP contribution in [0.1, 0.15) is 34.1 Å². The highest BCUT2D eigenvalue weighted by atomic mass is 32.1. The summed E-state index contributed by atoms with van der Waals surface area (Å²) in [6, 6.07) is 6.59. The summed E-state index contributed by atoms with van der Waals surface area (Å²) >= 11 is 1.74. The number of carboxylic acid groups (broad SMARTS) is 1. The van der Waals surface area contributed by atoms with E-state index in [1.54, 1.807) is 29.8 Å². The fourth-order valence-corrected chi connectivity index (χ4v) is 4.58. The quantitative estimate of drug-likeness (QED) is 0.794. The lowest BCUT2D eigenvalue weighted by Crippen LogP contribution is -2.22. The lowest BCUT2D eigenvalue weighted by Gasteiger charge is -2.18. The molecule has 1 aliphatic rings. The van der Waals surface area contributed by atoms with Crippen LogP contribution in [0.4, 0.5) is 11.5 Å². The molecule has 24 heavy (non-hydrogen) atoms. The molecular weight excluding hydrogens is 322 g/mol. The molecule has 5 nitrogen and oxygen atoms in total. The minimum Gasteiger partial charge on any atom is -0.545 e. The van der Waals surface area contributed by atoms with Gasteiger partial charge in [0.25, 0.3) is 0 Å². The third-order valence-corrected chi connectivity index (χ3v) is 5.62. The number of anilines is 2. The Bertz CT molecular complexity index is 935. The third kappa shape index (κ3) is 2.63. The molecule has 2 heterocycles. The average Bonchev–Trinajstić information content (AvgIpc) is 2.93. The molecule has 0 fully saturated rings. The predicted molar refractivity (Wildman–Crippen MR) is 92.7 cm³/mol. The lowest BCUT2D eigenvalue weighted by molar-refractivity contribution is -0.255. The van der Waals surface area contributed by atoms with Crippen molar-refractivity contribution in [2.45, 2.75) is 26.2 Å². The SMILES string of the molecule is C[C@H]1CCc2c(sc3ncnc(Nc4cccc(C(=O)[O-])c4)c23)C1. The molecule has 0 spiro atoms. The van der Waals surface area contributed by atoms with Crippen LogP contribution in [0, 0.1) is 5.92 Å². The molecule has 0 radical (unpaired) electrons. The Morgan fingerprint density at radius 3 is 3.08 bits per heavy atom. The van der Waals surface area contributed by atoms with Crippen molar-refractivity contribution < 1.29 is 9.90 Å². The van der Waals surface area contributed by atoms with Crippen LogP contribution < -0.4 is 10.4 Å². The minimum atomic E-state index is -1.19. The molecule has 0 bridgehead atoms. The van der Waals surface area contributed by atoms with Gasteiger partial charge in [-0.15, -0.1) is 11.3 Å². The van der Waals surface area contributed by atoms with Gasteiger partial charge in [-0.1, -0.05) is 19.1 Å². The van der Waals surface area contributed by atoms with E-state index in [9.17, 15) is 9.90 Å². The van der Waals surface area contributed by atoms with E-state index in [0.717, 1.165) is 28.9 Å². The van der Waals surface area contributed by atoms with Gasteiger partial charge in [0.1, 0.15) is 17.0 Å². The highest BCUT2D eigenvalue weighted by Gasteiger charge is 2.23. The second-order valence-corrected chi connectivity index (χ2v) is 7.33. The molecule has 1 aliphatic carbocycles. The van der Waals surface area contributed by atoms with Crippen molar-refractivity contribution >= 4 is 39.0 Å². The van der Waals surface area contributed by atoms with E-state index in [1.165, 1.54) is 22.9 Å². The van der Waals surface area contributed by atoms with Crippen molar-refractivity contribution in [1.29, 1.82) is 0 Å². The molecule has 0 saturated carbocycles. The van der Waals surface area contributed by atoms with Crippen molar-refractivity contribution in [1.82, 2.24) is 9.97 Å². The zero-order chi connectivity index (χ0) is 16.7. The molecule has 0 saturated heterocycles. The molecule has 1 atom stereocenters. The van der Waals surface area contributed by atoms with Crippen molar-refractivity contribution in [2.24, 2.45) is 5.92 Å². The molecule has 1 N–H and O–H groups in total. The summed E-state index contributed by atoms with van der Waals surface area (Å²) in [5.41, 5.74) is 2.17. The Kier molecular flexibility index (Phi) is 3.69. The first kappa shape index (κ1) is 15.1. The van der Waals surface area contributed by atoms with E-state index in [0.29, 0.717) is 11.6 Å². The van der Waals surface area contributed by atoms with Gasteiger partial charge in [0.15, 0.2) is 0 Å². The fourth-order valence-electron chi connectivity index (χ4n) is 3.23. The number of carbonyl (C=O) groups excluding carboxylic acids is 1. The van der Waals surface area contributed by atoms with Crippen LogP contribution in [0.15, 0.2) is 30.6 Å². The molecule has 6 heteroatoms. The number of aromatic nitrogens is 2. The summed E-state index contributed by atoms with van der Waals surface area (Å²) < 4.78 is 0. The van der Waals surface area contributed by atoms with Crippen molar-refractivity contribution in [3.63, 3.8) is 0 Å². The first-order valence-electron chi connectivity index (χ1n) is 7.95. The number of nitrogens with zero attached hydrogens (tertiary/aromatic N) is 2. The number of hydrogen-bond acceptors (Lipinski definition) is 6. The van der Waals surface area contributed by atoms with Crippen LogP contribution in [0.25, 0.3) is 10.2 Å². The zero-order valence-electron chi connectivity index (χ0n) is 13.2. The number of aromatic carboxylic acids is 1. The highest BCUT2D eigenvalue weighted by molar-refractivity contribution is 7.19. The molecule has 0 unspecified atom stereocenters. The van der Waals surface area contributed by atoms with E-state index in [4.69, 9.17) is 0 Å². The average molecular weight is 338 g/mol.